The van der Waals surface area contributed by atoms with Crippen LogP contribution in [0.1, 0.15) is 33.2 Å². The van der Waals surface area contributed by atoms with E-state index in [4.69, 9.17) is 11.6 Å². The fourth-order valence-corrected chi connectivity index (χ4v) is 3.30. The van der Waals surface area contributed by atoms with Crippen LogP contribution in [-0.4, -0.2) is 47.1 Å². The number of fused-ring (bicyclic) bond motifs is 1. The Bertz CT molecular complexity index is 789. The summed E-state index contributed by atoms with van der Waals surface area (Å²) >= 11 is 6.16. The molecule has 2 N–H and O–H groups in total. The van der Waals surface area contributed by atoms with Gasteiger partial charge in [-0.2, -0.15) is 0 Å². The number of hydrogen-bond acceptors (Lipinski definition) is 4. The molecule has 2 amide bonds. The molecule has 1 aliphatic rings. The van der Waals surface area contributed by atoms with Crippen LogP contribution in [0.3, 0.4) is 0 Å². The number of nitrogens with one attached hydrogen (secondary N) is 1. The van der Waals surface area contributed by atoms with Gasteiger partial charge in [-0.1, -0.05) is 41.9 Å². The predicted molar refractivity (Wildman–Crippen MR) is 100 cm³/mol. The summed E-state index contributed by atoms with van der Waals surface area (Å²) in [6.07, 6.45) is -0.120. The molecule has 2 aromatic rings. The molecule has 1 aliphatic heterocycles. The molecule has 136 valence electrons. The van der Waals surface area contributed by atoms with Crippen LogP contribution in [0, 0.1) is 0 Å². The van der Waals surface area contributed by atoms with Crippen LogP contribution in [0.15, 0.2) is 48.5 Å². The minimum Gasteiger partial charge on any atom is -0.390 e. The van der Waals surface area contributed by atoms with Gasteiger partial charge in [-0.3, -0.25) is 14.5 Å². The molecule has 0 bridgehead atoms. The van der Waals surface area contributed by atoms with Gasteiger partial charge in [-0.05, 0) is 37.1 Å². The quantitative estimate of drug-likeness (QED) is 0.733. The fraction of sp³-hybridized carbons (Fsp3) is 0.300. The van der Waals surface area contributed by atoms with Gasteiger partial charge in [0.05, 0.1) is 23.8 Å². The second-order valence-electron chi connectivity index (χ2n) is 6.53. The lowest BCUT2D eigenvalue weighted by molar-refractivity contribution is 0.0541. The maximum absolute atomic E-state index is 12.3. The topological polar surface area (TPSA) is 69.6 Å². The summed E-state index contributed by atoms with van der Waals surface area (Å²) in [6, 6.07) is 14.4. The van der Waals surface area contributed by atoms with Gasteiger partial charge in [0.25, 0.3) is 11.8 Å². The number of hydrogen-bond donors (Lipinski definition) is 2. The first-order chi connectivity index (χ1) is 12.5. The Morgan fingerprint density at radius 1 is 1.04 bits per heavy atom. The molecule has 0 saturated carbocycles. The Morgan fingerprint density at radius 2 is 1.62 bits per heavy atom. The van der Waals surface area contributed by atoms with Crippen molar-refractivity contribution in [3.63, 3.8) is 0 Å². The molecule has 0 radical (unpaired) electrons. The average molecular weight is 373 g/mol. The minimum absolute atomic E-state index is 0.0296. The highest BCUT2D eigenvalue weighted by Crippen LogP contribution is 2.22. The lowest BCUT2D eigenvalue weighted by atomic mass is 10.1. The summed E-state index contributed by atoms with van der Waals surface area (Å²) in [5, 5.41) is 14.2. The molecule has 0 aliphatic carbocycles. The summed E-state index contributed by atoms with van der Waals surface area (Å²) in [4.78, 5) is 25.7. The van der Waals surface area contributed by atoms with Crippen molar-refractivity contribution in [1.82, 2.24) is 10.2 Å². The van der Waals surface area contributed by atoms with Gasteiger partial charge in [-0.15, -0.1) is 0 Å². The van der Waals surface area contributed by atoms with Crippen LogP contribution < -0.4 is 5.32 Å². The van der Waals surface area contributed by atoms with E-state index < -0.39 is 6.10 Å². The zero-order valence-electron chi connectivity index (χ0n) is 14.5. The van der Waals surface area contributed by atoms with E-state index in [1.165, 1.54) is 0 Å². The fourth-order valence-electron chi connectivity index (χ4n) is 3.08. The van der Waals surface area contributed by atoms with E-state index in [0.29, 0.717) is 16.1 Å². The number of β-amino-alcohol motifs (C(OH)–C–C–N with tert-alkyl or cyclic N) is 1. The molecule has 0 fully saturated rings. The van der Waals surface area contributed by atoms with Crippen LogP contribution >= 0.6 is 11.6 Å². The molecule has 0 aromatic heterocycles. The smallest absolute Gasteiger partial charge is 0.261 e. The van der Waals surface area contributed by atoms with E-state index in [2.05, 4.69) is 5.32 Å². The second-order valence-corrected chi connectivity index (χ2v) is 6.93. The molecule has 0 saturated heterocycles. The van der Waals surface area contributed by atoms with Gasteiger partial charge in [0.1, 0.15) is 0 Å². The highest BCUT2D eigenvalue weighted by Gasteiger charge is 2.35. The number of imide groups is 1. The molecule has 2 aromatic carbocycles. The van der Waals surface area contributed by atoms with Gasteiger partial charge in [0.15, 0.2) is 0 Å². The monoisotopic (exact) mass is 372 g/mol. The predicted octanol–water partition coefficient (Wildman–Crippen LogP) is 2.52. The zero-order valence-corrected chi connectivity index (χ0v) is 15.2. The van der Waals surface area contributed by atoms with Gasteiger partial charge >= 0.3 is 0 Å². The number of amides is 2. The third-order valence-electron chi connectivity index (χ3n) is 4.46. The van der Waals surface area contributed by atoms with Crippen molar-refractivity contribution in [2.75, 3.05) is 13.1 Å². The van der Waals surface area contributed by atoms with E-state index in [9.17, 15) is 14.7 Å². The maximum Gasteiger partial charge on any atom is 0.261 e. The molecule has 26 heavy (non-hydrogen) atoms. The third kappa shape index (κ3) is 3.96. The number of aliphatic hydroxyl groups excluding tert-OH is 1. The highest BCUT2D eigenvalue weighted by atomic mass is 35.5. The summed E-state index contributed by atoms with van der Waals surface area (Å²) in [5.41, 5.74) is 1.82. The van der Waals surface area contributed by atoms with E-state index >= 15 is 0 Å². The van der Waals surface area contributed by atoms with Crippen molar-refractivity contribution in [3.8, 4) is 0 Å². The molecular formula is C20H21ClN2O3. The first-order valence-electron chi connectivity index (χ1n) is 8.57. The first kappa shape index (κ1) is 18.6. The maximum atomic E-state index is 12.3. The van der Waals surface area contributed by atoms with Gasteiger partial charge in [-0.25, -0.2) is 0 Å². The summed E-state index contributed by atoms with van der Waals surface area (Å²) < 4.78 is 0. The van der Waals surface area contributed by atoms with Crippen LogP contribution in [0.25, 0.3) is 0 Å². The number of carbonyl (C=O) groups excluding carboxylic acids is 2. The number of halogens is 1. The van der Waals surface area contributed by atoms with E-state index in [1.807, 2.05) is 31.2 Å². The molecule has 3 rings (SSSR count). The van der Waals surface area contributed by atoms with Crippen LogP contribution in [-0.2, 0) is 6.42 Å². The summed E-state index contributed by atoms with van der Waals surface area (Å²) in [5.74, 6) is -0.706. The van der Waals surface area contributed by atoms with Gasteiger partial charge in [0, 0.05) is 17.6 Å². The largest absolute Gasteiger partial charge is 0.390 e. The van der Waals surface area contributed by atoms with Crippen molar-refractivity contribution >= 4 is 23.4 Å². The first-order valence-corrected chi connectivity index (χ1v) is 8.95. The molecular weight excluding hydrogens is 352 g/mol. The van der Waals surface area contributed by atoms with E-state index in [-0.39, 0.29) is 30.9 Å². The molecule has 0 spiro atoms. The zero-order chi connectivity index (χ0) is 18.7. The Labute approximate surface area is 157 Å². The molecule has 5 nitrogen and oxygen atoms in total. The van der Waals surface area contributed by atoms with Crippen molar-refractivity contribution in [2.24, 2.45) is 0 Å². The SMILES string of the molecule is CC(Cc1ccccc1Cl)NCC(O)CN1C(=O)c2ccccc2C1=O. The number of aliphatic hydroxyl groups is 1. The molecule has 2 unspecified atom stereocenters. The van der Waals surface area contributed by atoms with Crippen molar-refractivity contribution < 1.29 is 14.7 Å². The number of rotatable bonds is 7. The lowest BCUT2D eigenvalue weighted by Crippen LogP contribution is -2.43. The second kappa shape index (κ2) is 7.99. The Hall–Kier alpha value is -2.21. The van der Waals surface area contributed by atoms with Crippen LogP contribution in [0.2, 0.25) is 5.02 Å². The summed E-state index contributed by atoms with van der Waals surface area (Å²) in [6.45, 7) is 2.25. The normalized spacial score (nSPS) is 15.9. The highest BCUT2D eigenvalue weighted by molar-refractivity contribution is 6.31. The van der Waals surface area contributed by atoms with Crippen molar-refractivity contribution in [1.29, 1.82) is 0 Å². The number of benzene rings is 2. The third-order valence-corrected chi connectivity index (χ3v) is 4.83. The van der Waals surface area contributed by atoms with Gasteiger partial charge in [0.2, 0.25) is 0 Å². The molecule has 2 atom stereocenters. The van der Waals surface area contributed by atoms with E-state index in [0.717, 1.165) is 16.9 Å². The Kier molecular flexibility index (Phi) is 5.71. The van der Waals surface area contributed by atoms with Crippen LogP contribution in [0.4, 0.5) is 0 Å². The van der Waals surface area contributed by atoms with Crippen molar-refractivity contribution in [2.45, 2.75) is 25.5 Å². The Balaban J connectivity index is 1.52. The average Bonchev–Trinajstić information content (AvgIpc) is 2.87. The van der Waals surface area contributed by atoms with Crippen molar-refractivity contribution in [3.05, 3.63) is 70.2 Å². The Morgan fingerprint density at radius 3 is 2.23 bits per heavy atom. The summed E-state index contributed by atoms with van der Waals surface area (Å²) in [7, 11) is 0. The molecule has 6 heteroatoms. The van der Waals surface area contributed by atoms with Crippen LogP contribution in [0.5, 0.6) is 0 Å². The van der Waals surface area contributed by atoms with E-state index in [1.54, 1.807) is 24.3 Å². The number of carbonyl (C=O) groups is 2. The lowest BCUT2D eigenvalue weighted by Gasteiger charge is -2.21. The standard InChI is InChI=1S/C20H21ClN2O3/c1-13(10-14-6-2-5-9-18(14)21)22-11-15(24)12-23-19(25)16-7-3-4-8-17(16)20(23)26/h2-9,13,15,22,24H,10-12H2,1H3. The molecule has 1 heterocycles. The minimum atomic E-state index is -0.842. The number of nitrogens with zero attached hydrogens (tertiary/aromatic N) is 1. The van der Waals surface area contributed by atoms with Gasteiger partial charge < -0.3 is 10.4 Å².